The van der Waals surface area contributed by atoms with Crippen molar-refractivity contribution < 1.29 is 8.42 Å². The van der Waals surface area contributed by atoms with Crippen molar-refractivity contribution in [2.45, 2.75) is 19.4 Å². The molecule has 1 fully saturated rings. The summed E-state index contributed by atoms with van der Waals surface area (Å²) in [5.41, 5.74) is 5.87. The number of rotatable bonds is 4. The van der Waals surface area contributed by atoms with Crippen LogP contribution in [0.2, 0.25) is 0 Å². The Hall–Kier alpha value is -0.130. The molecule has 84 valence electrons. The van der Waals surface area contributed by atoms with E-state index in [1.165, 1.54) is 6.26 Å². The molecular weight excluding hydrogens is 200 g/mol. The van der Waals surface area contributed by atoms with E-state index in [0.29, 0.717) is 5.92 Å². The molecule has 0 aromatic heterocycles. The fourth-order valence-electron chi connectivity index (χ4n) is 1.83. The van der Waals surface area contributed by atoms with Crippen LogP contribution in [0.3, 0.4) is 0 Å². The van der Waals surface area contributed by atoms with Crippen LogP contribution in [0.5, 0.6) is 0 Å². The Morgan fingerprint density at radius 2 is 2.07 bits per heavy atom. The van der Waals surface area contributed by atoms with E-state index < -0.39 is 9.84 Å². The number of nitrogens with zero attached hydrogens (tertiary/aromatic N) is 1. The van der Waals surface area contributed by atoms with Gasteiger partial charge >= 0.3 is 0 Å². The van der Waals surface area contributed by atoms with Crippen LogP contribution in [0.25, 0.3) is 0 Å². The van der Waals surface area contributed by atoms with E-state index in [4.69, 9.17) is 5.73 Å². The summed E-state index contributed by atoms with van der Waals surface area (Å²) in [6.45, 7) is 4.90. The van der Waals surface area contributed by atoms with Gasteiger partial charge in [-0.15, -0.1) is 0 Å². The van der Waals surface area contributed by atoms with Crippen LogP contribution in [0.15, 0.2) is 0 Å². The Labute approximate surface area is 86.4 Å². The fourth-order valence-corrected chi connectivity index (χ4v) is 2.48. The van der Waals surface area contributed by atoms with Gasteiger partial charge in [-0.3, -0.25) is 0 Å². The van der Waals surface area contributed by atoms with E-state index in [-0.39, 0.29) is 11.8 Å². The molecule has 1 aliphatic heterocycles. The first kappa shape index (κ1) is 11.9. The summed E-state index contributed by atoms with van der Waals surface area (Å²) < 4.78 is 21.8. The van der Waals surface area contributed by atoms with Crippen LogP contribution in [0, 0.1) is 5.92 Å². The molecule has 1 rings (SSSR count). The number of sulfone groups is 1. The summed E-state index contributed by atoms with van der Waals surface area (Å²) in [4.78, 5) is 2.25. The molecule has 14 heavy (non-hydrogen) atoms. The van der Waals surface area contributed by atoms with Gasteiger partial charge in [-0.2, -0.15) is 0 Å². The third kappa shape index (κ3) is 3.94. The first-order chi connectivity index (χ1) is 6.38. The Bertz CT molecular complexity index is 267. The molecule has 0 bridgehead atoms. The highest BCUT2D eigenvalue weighted by Gasteiger charge is 2.25. The standard InChI is InChI=1S/C9H20N2O2S/c1-8-6-11(7-9(8)10)4-3-5-14(2,12)13/h8-9H,3-7,10H2,1-2H3. The van der Waals surface area contributed by atoms with Crippen molar-refractivity contribution in [3.8, 4) is 0 Å². The SMILES string of the molecule is CC1CN(CCCS(C)(=O)=O)CC1N. The largest absolute Gasteiger partial charge is 0.326 e. The van der Waals surface area contributed by atoms with Gasteiger partial charge in [0.15, 0.2) is 0 Å². The van der Waals surface area contributed by atoms with Gasteiger partial charge in [-0.25, -0.2) is 8.42 Å². The van der Waals surface area contributed by atoms with Gasteiger partial charge < -0.3 is 10.6 Å². The van der Waals surface area contributed by atoms with Crippen molar-refractivity contribution in [3.63, 3.8) is 0 Å². The Morgan fingerprint density at radius 3 is 2.50 bits per heavy atom. The second-order valence-electron chi connectivity index (χ2n) is 4.38. The van der Waals surface area contributed by atoms with E-state index in [1.54, 1.807) is 0 Å². The molecule has 1 heterocycles. The average Bonchev–Trinajstić information content (AvgIpc) is 2.28. The molecule has 0 aliphatic carbocycles. The van der Waals surface area contributed by atoms with Gasteiger partial charge in [-0.05, 0) is 18.9 Å². The number of likely N-dealkylation sites (tertiary alicyclic amines) is 1. The van der Waals surface area contributed by atoms with Crippen molar-refractivity contribution in [2.24, 2.45) is 11.7 Å². The van der Waals surface area contributed by atoms with E-state index in [1.807, 2.05) is 0 Å². The predicted octanol–water partition coefficient (Wildman–Crippen LogP) is -0.300. The molecule has 2 N–H and O–H groups in total. The number of hydrogen-bond donors (Lipinski definition) is 1. The van der Waals surface area contributed by atoms with Crippen LogP contribution in [0.1, 0.15) is 13.3 Å². The first-order valence-electron chi connectivity index (χ1n) is 5.04. The molecule has 0 amide bonds. The van der Waals surface area contributed by atoms with Gasteiger partial charge in [-0.1, -0.05) is 6.92 Å². The minimum atomic E-state index is -2.80. The Morgan fingerprint density at radius 1 is 1.43 bits per heavy atom. The molecule has 4 nitrogen and oxygen atoms in total. The lowest BCUT2D eigenvalue weighted by molar-refractivity contribution is 0.327. The van der Waals surface area contributed by atoms with Crippen molar-refractivity contribution in [3.05, 3.63) is 0 Å². The third-order valence-corrected chi connectivity index (χ3v) is 3.77. The van der Waals surface area contributed by atoms with Gasteiger partial charge in [0.25, 0.3) is 0 Å². The Kier molecular flexibility index (Phi) is 3.92. The summed E-state index contributed by atoms with van der Waals surface area (Å²) in [5, 5.41) is 0. The second kappa shape index (κ2) is 4.59. The summed E-state index contributed by atoms with van der Waals surface area (Å²) in [6.07, 6.45) is 2.00. The Balaban J connectivity index is 2.21. The van der Waals surface area contributed by atoms with Crippen LogP contribution in [0.4, 0.5) is 0 Å². The van der Waals surface area contributed by atoms with Crippen molar-refractivity contribution >= 4 is 9.84 Å². The van der Waals surface area contributed by atoms with E-state index in [2.05, 4.69) is 11.8 Å². The van der Waals surface area contributed by atoms with Gasteiger partial charge in [0.05, 0.1) is 5.75 Å². The summed E-state index contributed by atoms with van der Waals surface area (Å²) in [5.74, 6) is 0.820. The lowest BCUT2D eigenvalue weighted by Crippen LogP contribution is -2.29. The maximum atomic E-state index is 10.9. The molecule has 1 saturated heterocycles. The van der Waals surface area contributed by atoms with Crippen LogP contribution in [-0.4, -0.2) is 51.0 Å². The lowest BCUT2D eigenvalue weighted by Gasteiger charge is -2.14. The van der Waals surface area contributed by atoms with Gasteiger partial charge in [0.1, 0.15) is 9.84 Å². The molecule has 1 aliphatic rings. The average molecular weight is 220 g/mol. The smallest absolute Gasteiger partial charge is 0.147 e. The molecule has 2 atom stereocenters. The first-order valence-corrected chi connectivity index (χ1v) is 7.10. The van der Waals surface area contributed by atoms with Gasteiger partial charge in [0.2, 0.25) is 0 Å². The zero-order valence-corrected chi connectivity index (χ0v) is 9.76. The zero-order chi connectivity index (χ0) is 10.8. The van der Waals surface area contributed by atoms with Crippen molar-refractivity contribution in [2.75, 3.05) is 31.6 Å². The molecule has 0 spiro atoms. The fraction of sp³-hybridized carbons (Fsp3) is 1.00. The minimum absolute atomic E-state index is 0.258. The summed E-state index contributed by atoms with van der Waals surface area (Å²) >= 11 is 0. The molecular formula is C9H20N2O2S. The quantitative estimate of drug-likeness (QED) is 0.706. The maximum Gasteiger partial charge on any atom is 0.147 e. The topological polar surface area (TPSA) is 63.4 Å². The van der Waals surface area contributed by atoms with E-state index in [9.17, 15) is 8.42 Å². The second-order valence-corrected chi connectivity index (χ2v) is 6.64. The normalized spacial score (nSPS) is 29.6. The predicted molar refractivity (Wildman–Crippen MR) is 57.9 cm³/mol. The number of nitrogens with two attached hydrogens (primary N) is 1. The highest BCUT2D eigenvalue weighted by molar-refractivity contribution is 7.90. The minimum Gasteiger partial charge on any atom is -0.326 e. The zero-order valence-electron chi connectivity index (χ0n) is 8.94. The molecule has 0 radical (unpaired) electrons. The highest BCUT2D eigenvalue weighted by atomic mass is 32.2. The molecule has 5 heteroatoms. The summed E-state index contributed by atoms with van der Waals surface area (Å²) in [7, 11) is -2.80. The lowest BCUT2D eigenvalue weighted by atomic mass is 10.1. The maximum absolute atomic E-state index is 10.9. The van der Waals surface area contributed by atoms with E-state index in [0.717, 1.165) is 26.1 Å². The van der Waals surface area contributed by atoms with Crippen LogP contribution < -0.4 is 5.73 Å². The molecule has 0 aromatic carbocycles. The monoisotopic (exact) mass is 220 g/mol. The number of hydrogen-bond acceptors (Lipinski definition) is 4. The van der Waals surface area contributed by atoms with E-state index >= 15 is 0 Å². The van der Waals surface area contributed by atoms with Crippen LogP contribution in [-0.2, 0) is 9.84 Å². The van der Waals surface area contributed by atoms with Crippen molar-refractivity contribution in [1.82, 2.24) is 4.90 Å². The summed E-state index contributed by atoms with van der Waals surface area (Å²) in [6, 6.07) is 0.258. The highest BCUT2D eigenvalue weighted by Crippen LogP contribution is 2.14. The molecule has 0 aromatic rings. The molecule has 2 unspecified atom stereocenters. The van der Waals surface area contributed by atoms with Crippen molar-refractivity contribution in [1.29, 1.82) is 0 Å². The molecule has 0 saturated carbocycles. The van der Waals surface area contributed by atoms with Crippen LogP contribution >= 0.6 is 0 Å². The van der Waals surface area contributed by atoms with Gasteiger partial charge in [0, 0.05) is 25.4 Å². The third-order valence-electron chi connectivity index (χ3n) is 2.74.